The van der Waals surface area contributed by atoms with Crippen LogP contribution in [0, 0.1) is 0 Å². The number of carbonyl (C=O) groups excluding carboxylic acids is 1. The van der Waals surface area contributed by atoms with Gasteiger partial charge in [-0.1, -0.05) is 25.5 Å². The van der Waals surface area contributed by atoms with Gasteiger partial charge in [-0.2, -0.15) is 0 Å². The van der Waals surface area contributed by atoms with Crippen molar-refractivity contribution in [1.29, 1.82) is 0 Å². The molecule has 1 aromatic carbocycles. The van der Waals surface area contributed by atoms with Crippen molar-refractivity contribution in [1.82, 2.24) is 4.90 Å². The van der Waals surface area contributed by atoms with Crippen LogP contribution in [-0.2, 0) is 11.2 Å². The van der Waals surface area contributed by atoms with Gasteiger partial charge in [0.25, 0.3) is 0 Å². The number of benzene rings is 1. The minimum Gasteiger partial charge on any atom is -0.387 e. The van der Waals surface area contributed by atoms with Gasteiger partial charge in [-0.3, -0.25) is 4.79 Å². The Kier molecular flexibility index (Phi) is 4.80. The molecule has 1 aliphatic heterocycles. The van der Waals surface area contributed by atoms with E-state index in [9.17, 15) is 4.79 Å². The van der Waals surface area contributed by atoms with Gasteiger partial charge in [0.1, 0.15) is 6.61 Å². The number of hydrogen-bond acceptors (Lipinski definition) is 3. The van der Waals surface area contributed by atoms with Gasteiger partial charge in [0.2, 0.25) is 5.91 Å². The minimum absolute atomic E-state index is 0.169. The predicted octanol–water partition coefficient (Wildman–Crippen LogP) is 1.28. The van der Waals surface area contributed by atoms with Gasteiger partial charge < -0.3 is 14.9 Å². The summed E-state index contributed by atoms with van der Waals surface area (Å²) < 4.78 is 0. The predicted molar refractivity (Wildman–Crippen MR) is 76.3 cm³/mol. The maximum Gasteiger partial charge on any atom is 0.248 e. The molecule has 104 valence electrons. The van der Waals surface area contributed by atoms with Crippen LogP contribution in [0.5, 0.6) is 0 Å². The molecule has 0 aliphatic carbocycles. The zero-order valence-electron chi connectivity index (χ0n) is 11.5. The molecule has 0 aromatic heterocycles. The molecule has 0 atom stereocenters. The van der Waals surface area contributed by atoms with Gasteiger partial charge in [-0.15, -0.1) is 0 Å². The van der Waals surface area contributed by atoms with Crippen molar-refractivity contribution >= 4 is 11.6 Å². The molecule has 0 saturated carbocycles. The van der Waals surface area contributed by atoms with E-state index < -0.39 is 0 Å². The summed E-state index contributed by atoms with van der Waals surface area (Å²) >= 11 is 0. The normalized spacial score (nSPS) is 15.7. The van der Waals surface area contributed by atoms with Crippen molar-refractivity contribution in [3.05, 3.63) is 29.8 Å². The van der Waals surface area contributed by atoms with E-state index >= 15 is 0 Å². The second-order valence-corrected chi connectivity index (χ2v) is 4.94. The Hall–Kier alpha value is -1.55. The van der Waals surface area contributed by atoms with E-state index in [1.54, 1.807) is 4.90 Å². The third-order valence-corrected chi connectivity index (χ3v) is 3.61. The van der Waals surface area contributed by atoms with Crippen LogP contribution in [-0.4, -0.2) is 48.7 Å². The molecule has 0 radical (unpaired) electrons. The highest BCUT2D eigenvalue weighted by molar-refractivity contribution is 5.77. The Balaban J connectivity index is 1.92. The molecule has 1 amide bonds. The van der Waals surface area contributed by atoms with Crippen LogP contribution < -0.4 is 4.90 Å². The van der Waals surface area contributed by atoms with Crippen LogP contribution in [0.1, 0.15) is 18.9 Å². The van der Waals surface area contributed by atoms with E-state index in [0.29, 0.717) is 13.1 Å². The Morgan fingerprint density at radius 1 is 1.16 bits per heavy atom. The number of nitrogens with zero attached hydrogens (tertiary/aromatic N) is 2. The van der Waals surface area contributed by atoms with Crippen molar-refractivity contribution in [2.75, 3.05) is 37.7 Å². The summed E-state index contributed by atoms with van der Waals surface area (Å²) in [7, 11) is 0. The van der Waals surface area contributed by atoms with E-state index in [1.807, 2.05) is 0 Å². The summed E-state index contributed by atoms with van der Waals surface area (Å²) in [4.78, 5) is 15.4. The number of piperazine rings is 1. The molecular formula is C15H22N2O2. The highest BCUT2D eigenvalue weighted by Gasteiger charge is 2.20. The van der Waals surface area contributed by atoms with Gasteiger partial charge in [0.05, 0.1) is 0 Å². The Labute approximate surface area is 114 Å². The molecule has 1 heterocycles. The summed E-state index contributed by atoms with van der Waals surface area (Å²) in [6, 6.07) is 8.69. The third-order valence-electron chi connectivity index (χ3n) is 3.61. The first-order chi connectivity index (χ1) is 9.24. The Morgan fingerprint density at radius 2 is 1.79 bits per heavy atom. The van der Waals surface area contributed by atoms with Crippen LogP contribution in [0.15, 0.2) is 24.3 Å². The van der Waals surface area contributed by atoms with E-state index in [1.165, 1.54) is 17.7 Å². The first-order valence-corrected chi connectivity index (χ1v) is 6.97. The number of aryl methyl sites for hydroxylation is 1. The van der Waals surface area contributed by atoms with Crippen molar-refractivity contribution in [2.45, 2.75) is 19.8 Å². The fraction of sp³-hybridized carbons (Fsp3) is 0.533. The molecule has 0 unspecified atom stereocenters. The van der Waals surface area contributed by atoms with E-state index in [-0.39, 0.29) is 12.5 Å². The molecule has 1 aliphatic rings. The topological polar surface area (TPSA) is 43.8 Å². The van der Waals surface area contributed by atoms with Gasteiger partial charge in [0.15, 0.2) is 0 Å². The number of amides is 1. The molecule has 0 bridgehead atoms. The SMILES string of the molecule is CCCc1ccc(N2CCN(C(=O)CO)CC2)cc1. The fourth-order valence-corrected chi connectivity index (χ4v) is 2.48. The third kappa shape index (κ3) is 3.47. The summed E-state index contributed by atoms with van der Waals surface area (Å²) in [5.41, 5.74) is 2.59. The van der Waals surface area contributed by atoms with Gasteiger partial charge >= 0.3 is 0 Å². The molecule has 4 heteroatoms. The van der Waals surface area contributed by atoms with Crippen molar-refractivity contribution in [3.63, 3.8) is 0 Å². The molecule has 1 aromatic rings. The fourth-order valence-electron chi connectivity index (χ4n) is 2.48. The second kappa shape index (κ2) is 6.57. The highest BCUT2D eigenvalue weighted by atomic mass is 16.3. The number of carbonyl (C=O) groups is 1. The van der Waals surface area contributed by atoms with Crippen LogP contribution in [0.2, 0.25) is 0 Å². The van der Waals surface area contributed by atoms with Crippen molar-refractivity contribution in [3.8, 4) is 0 Å². The number of hydrogen-bond donors (Lipinski definition) is 1. The average molecular weight is 262 g/mol. The van der Waals surface area contributed by atoms with Gasteiger partial charge in [-0.05, 0) is 24.1 Å². The lowest BCUT2D eigenvalue weighted by Gasteiger charge is -2.36. The van der Waals surface area contributed by atoms with Gasteiger partial charge in [-0.25, -0.2) is 0 Å². The summed E-state index contributed by atoms with van der Waals surface area (Å²) in [6.07, 6.45) is 2.29. The summed E-state index contributed by atoms with van der Waals surface area (Å²) in [5.74, 6) is -0.169. The monoisotopic (exact) mass is 262 g/mol. The van der Waals surface area contributed by atoms with Gasteiger partial charge in [0, 0.05) is 31.9 Å². The van der Waals surface area contributed by atoms with Crippen LogP contribution in [0.3, 0.4) is 0 Å². The maximum atomic E-state index is 11.4. The molecule has 4 nitrogen and oxygen atoms in total. The van der Waals surface area contributed by atoms with E-state index in [2.05, 4.69) is 36.1 Å². The summed E-state index contributed by atoms with van der Waals surface area (Å²) in [6.45, 7) is 4.85. The average Bonchev–Trinajstić information content (AvgIpc) is 2.48. The maximum absolute atomic E-state index is 11.4. The minimum atomic E-state index is -0.383. The number of aliphatic hydroxyl groups excluding tert-OH is 1. The van der Waals surface area contributed by atoms with Crippen LogP contribution in [0.25, 0.3) is 0 Å². The Bertz CT molecular complexity index is 409. The quantitative estimate of drug-likeness (QED) is 0.889. The highest BCUT2D eigenvalue weighted by Crippen LogP contribution is 2.18. The molecule has 1 N–H and O–H groups in total. The number of aliphatic hydroxyl groups is 1. The van der Waals surface area contributed by atoms with E-state index in [0.717, 1.165) is 19.5 Å². The van der Waals surface area contributed by atoms with Crippen LogP contribution >= 0.6 is 0 Å². The van der Waals surface area contributed by atoms with Crippen molar-refractivity contribution < 1.29 is 9.90 Å². The molecule has 2 rings (SSSR count). The van der Waals surface area contributed by atoms with Crippen LogP contribution in [0.4, 0.5) is 5.69 Å². The molecule has 0 spiro atoms. The number of anilines is 1. The molecular weight excluding hydrogens is 240 g/mol. The Morgan fingerprint density at radius 3 is 2.32 bits per heavy atom. The van der Waals surface area contributed by atoms with Crippen molar-refractivity contribution in [2.24, 2.45) is 0 Å². The smallest absolute Gasteiger partial charge is 0.248 e. The first-order valence-electron chi connectivity index (χ1n) is 6.97. The second-order valence-electron chi connectivity index (χ2n) is 4.94. The zero-order valence-corrected chi connectivity index (χ0v) is 11.5. The largest absolute Gasteiger partial charge is 0.387 e. The molecule has 1 saturated heterocycles. The standard InChI is InChI=1S/C15H22N2O2/c1-2-3-13-4-6-14(7-5-13)16-8-10-17(11-9-16)15(19)12-18/h4-7,18H,2-3,8-12H2,1H3. The molecule has 19 heavy (non-hydrogen) atoms. The first kappa shape index (κ1) is 13.9. The lowest BCUT2D eigenvalue weighted by atomic mass is 10.1. The summed E-state index contributed by atoms with van der Waals surface area (Å²) in [5, 5.41) is 8.85. The lowest BCUT2D eigenvalue weighted by molar-refractivity contribution is -0.134. The molecule has 1 fully saturated rings. The van der Waals surface area contributed by atoms with E-state index in [4.69, 9.17) is 5.11 Å². The zero-order chi connectivity index (χ0) is 13.7. The lowest BCUT2D eigenvalue weighted by Crippen LogP contribution is -2.49. The number of rotatable bonds is 4.